The Morgan fingerprint density at radius 3 is 2.71 bits per heavy atom. The summed E-state index contributed by atoms with van der Waals surface area (Å²) < 4.78 is 0. The molecule has 1 atom stereocenters. The number of nitro groups is 1. The molecule has 0 aliphatic heterocycles. The van der Waals surface area contributed by atoms with Crippen LogP contribution in [0.25, 0.3) is 0 Å². The van der Waals surface area contributed by atoms with Crippen LogP contribution in [0.2, 0.25) is 0 Å². The van der Waals surface area contributed by atoms with Gasteiger partial charge in [0.2, 0.25) is 0 Å². The summed E-state index contributed by atoms with van der Waals surface area (Å²) in [6.45, 7) is 1.42. The Bertz CT molecular complexity index is 407. The predicted molar refractivity (Wildman–Crippen MR) is 48.4 cm³/mol. The van der Waals surface area contributed by atoms with E-state index in [-0.39, 0.29) is 16.8 Å². The van der Waals surface area contributed by atoms with E-state index in [4.69, 9.17) is 5.26 Å². The minimum absolute atomic E-state index is 0.0339. The quantitative estimate of drug-likeness (QED) is 0.568. The van der Waals surface area contributed by atoms with Gasteiger partial charge in [0, 0.05) is 0 Å². The molecule has 0 heterocycles. The number of hydrogen-bond acceptors (Lipinski definition) is 4. The Kier molecular flexibility index (Phi) is 2.79. The van der Waals surface area contributed by atoms with Crippen molar-refractivity contribution in [3.05, 3.63) is 39.4 Å². The van der Waals surface area contributed by atoms with Gasteiger partial charge in [-0.15, -0.1) is 0 Å². The molecule has 1 aromatic rings. The third kappa shape index (κ3) is 1.70. The third-order valence-corrected chi connectivity index (χ3v) is 1.82. The number of nitro benzene ring substituents is 1. The zero-order chi connectivity index (χ0) is 10.7. The van der Waals surface area contributed by atoms with Gasteiger partial charge >= 0.3 is 0 Å². The molecular formula is C9H8N2O3. The summed E-state index contributed by atoms with van der Waals surface area (Å²) in [6, 6.07) is 6.01. The maximum Gasteiger partial charge on any atom is 0.292 e. The summed E-state index contributed by atoms with van der Waals surface area (Å²) in [5.74, 6) is 0. The van der Waals surface area contributed by atoms with Crippen molar-refractivity contribution in [3.63, 3.8) is 0 Å². The van der Waals surface area contributed by atoms with E-state index in [9.17, 15) is 15.2 Å². The lowest BCUT2D eigenvalue weighted by Gasteiger charge is -2.05. The highest BCUT2D eigenvalue weighted by atomic mass is 16.6. The maximum atomic E-state index is 10.6. The number of rotatable bonds is 2. The Morgan fingerprint density at radius 2 is 2.29 bits per heavy atom. The van der Waals surface area contributed by atoms with Crippen molar-refractivity contribution in [1.82, 2.24) is 0 Å². The fourth-order valence-corrected chi connectivity index (χ4v) is 1.19. The molecule has 14 heavy (non-hydrogen) atoms. The van der Waals surface area contributed by atoms with Gasteiger partial charge in [-0.25, -0.2) is 0 Å². The molecule has 0 aliphatic rings. The van der Waals surface area contributed by atoms with Crippen molar-refractivity contribution in [1.29, 1.82) is 5.26 Å². The van der Waals surface area contributed by atoms with Crippen LogP contribution in [0.5, 0.6) is 0 Å². The third-order valence-electron chi connectivity index (χ3n) is 1.82. The molecule has 0 saturated carbocycles. The average Bonchev–Trinajstić information content (AvgIpc) is 2.16. The summed E-state index contributed by atoms with van der Waals surface area (Å²) >= 11 is 0. The highest BCUT2D eigenvalue weighted by molar-refractivity contribution is 5.54. The standard InChI is InChI=1S/C9H8N2O3/c1-6(12)8-4-2-3-7(5-10)9(8)11(13)14/h2-4,6,12H,1H3. The van der Waals surface area contributed by atoms with E-state index in [1.807, 2.05) is 0 Å². The topological polar surface area (TPSA) is 87.2 Å². The molecule has 0 saturated heterocycles. The average molecular weight is 192 g/mol. The Balaban J connectivity index is 3.45. The van der Waals surface area contributed by atoms with Gasteiger partial charge in [-0.05, 0) is 19.1 Å². The zero-order valence-electron chi connectivity index (χ0n) is 7.47. The fraction of sp³-hybridized carbons (Fsp3) is 0.222. The Labute approximate surface area is 80.4 Å². The van der Waals surface area contributed by atoms with E-state index in [0.29, 0.717) is 0 Å². The summed E-state index contributed by atoms with van der Waals surface area (Å²) in [4.78, 5) is 10.00. The zero-order valence-corrected chi connectivity index (χ0v) is 7.47. The number of aliphatic hydroxyl groups is 1. The van der Waals surface area contributed by atoms with Crippen LogP contribution in [0, 0.1) is 21.4 Å². The number of hydrogen-bond donors (Lipinski definition) is 1. The molecule has 5 nitrogen and oxygen atoms in total. The van der Waals surface area contributed by atoms with Crippen LogP contribution < -0.4 is 0 Å². The molecule has 1 aromatic carbocycles. The van der Waals surface area contributed by atoms with E-state index in [0.717, 1.165) is 0 Å². The van der Waals surface area contributed by atoms with E-state index in [1.54, 1.807) is 6.07 Å². The predicted octanol–water partition coefficient (Wildman–Crippen LogP) is 1.52. The molecular weight excluding hydrogens is 184 g/mol. The first kappa shape index (κ1) is 10.2. The minimum Gasteiger partial charge on any atom is -0.388 e. The molecule has 1 rings (SSSR count). The molecule has 0 bridgehead atoms. The number of benzene rings is 1. The minimum atomic E-state index is -0.955. The van der Waals surface area contributed by atoms with Crippen LogP contribution in [-0.4, -0.2) is 10.0 Å². The number of nitriles is 1. The van der Waals surface area contributed by atoms with Crippen molar-refractivity contribution in [2.45, 2.75) is 13.0 Å². The molecule has 1 N–H and O–H groups in total. The van der Waals surface area contributed by atoms with Crippen LogP contribution >= 0.6 is 0 Å². The van der Waals surface area contributed by atoms with E-state index in [1.165, 1.54) is 25.1 Å². The second kappa shape index (κ2) is 3.85. The van der Waals surface area contributed by atoms with Gasteiger partial charge < -0.3 is 5.11 Å². The molecule has 72 valence electrons. The first-order chi connectivity index (χ1) is 6.57. The van der Waals surface area contributed by atoms with Crippen LogP contribution in [0.1, 0.15) is 24.2 Å². The van der Waals surface area contributed by atoms with Gasteiger partial charge in [0.1, 0.15) is 11.6 Å². The van der Waals surface area contributed by atoms with Gasteiger partial charge in [-0.3, -0.25) is 10.1 Å². The normalized spacial score (nSPS) is 11.8. The first-order valence-corrected chi connectivity index (χ1v) is 3.93. The van der Waals surface area contributed by atoms with Crippen LogP contribution in [-0.2, 0) is 0 Å². The SMILES string of the molecule is CC(O)c1cccc(C#N)c1[N+](=O)[O-]. The van der Waals surface area contributed by atoms with Crippen molar-refractivity contribution in [2.75, 3.05) is 0 Å². The van der Waals surface area contributed by atoms with Crippen molar-refractivity contribution in [3.8, 4) is 6.07 Å². The first-order valence-electron chi connectivity index (χ1n) is 3.93. The van der Waals surface area contributed by atoms with Crippen LogP contribution in [0.4, 0.5) is 5.69 Å². The van der Waals surface area contributed by atoms with Gasteiger partial charge in [0.05, 0.1) is 16.6 Å². The molecule has 1 unspecified atom stereocenters. The Morgan fingerprint density at radius 1 is 1.64 bits per heavy atom. The van der Waals surface area contributed by atoms with Gasteiger partial charge in [-0.1, -0.05) is 6.07 Å². The summed E-state index contributed by atoms with van der Waals surface area (Å²) in [7, 11) is 0. The summed E-state index contributed by atoms with van der Waals surface area (Å²) in [5.41, 5.74) is -0.188. The van der Waals surface area contributed by atoms with Gasteiger partial charge in [-0.2, -0.15) is 5.26 Å². The summed E-state index contributed by atoms with van der Waals surface area (Å²) in [6.07, 6.45) is -0.955. The lowest BCUT2D eigenvalue weighted by atomic mass is 10.0. The monoisotopic (exact) mass is 192 g/mol. The second-order valence-electron chi connectivity index (χ2n) is 2.79. The van der Waals surface area contributed by atoms with Gasteiger partial charge in [0.25, 0.3) is 5.69 Å². The van der Waals surface area contributed by atoms with E-state index < -0.39 is 11.0 Å². The fourth-order valence-electron chi connectivity index (χ4n) is 1.19. The highest BCUT2D eigenvalue weighted by Gasteiger charge is 2.21. The lowest BCUT2D eigenvalue weighted by molar-refractivity contribution is -0.386. The lowest BCUT2D eigenvalue weighted by Crippen LogP contribution is -2.01. The number of aliphatic hydroxyl groups excluding tert-OH is 1. The summed E-state index contributed by atoms with van der Waals surface area (Å²) in [5, 5.41) is 28.5. The molecule has 0 spiro atoms. The molecule has 0 aliphatic carbocycles. The molecule has 0 fully saturated rings. The number of nitrogens with zero attached hydrogens (tertiary/aromatic N) is 2. The molecule has 0 amide bonds. The van der Waals surface area contributed by atoms with Crippen molar-refractivity contribution in [2.24, 2.45) is 0 Å². The highest BCUT2D eigenvalue weighted by Crippen LogP contribution is 2.27. The molecule has 0 aromatic heterocycles. The Hall–Kier alpha value is -1.93. The largest absolute Gasteiger partial charge is 0.388 e. The maximum absolute atomic E-state index is 10.6. The van der Waals surface area contributed by atoms with Crippen molar-refractivity contribution >= 4 is 5.69 Å². The van der Waals surface area contributed by atoms with E-state index in [2.05, 4.69) is 0 Å². The second-order valence-corrected chi connectivity index (χ2v) is 2.79. The van der Waals surface area contributed by atoms with Crippen LogP contribution in [0.15, 0.2) is 18.2 Å². The van der Waals surface area contributed by atoms with Gasteiger partial charge in [0.15, 0.2) is 0 Å². The smallest absolute Gasteiger partial charge is 0.292 e. The van der Waals surface area contributed by atoms with E-state index >= 15 is 0 Å². The molecule has 5 heteroatoms. The molecule has 0 radical (unpaired) electrons. The van der Waals surface area contributed by atoms with Crippen LogP contribution in [0.3, 0.4) is 0 Å². The van der Waals surface area contributed by atoms with Crippen molar-refractivity contribution < 1.29 is 10.0 Å². The number of para-hydroxylation sites is 1.